The van der Waals surface area contributed by atoms with Crippen LogP contribution in [0.3, 0.4) is 0 Å². The van der Waals surface area contributed by atoms with Crippen LogP contribution in [-0.4, -0.2) is 19.3 Å². The lowest BCUT2D eigenvalue weighted by molar-refractivity contribution is 0.0366. The predicted molar refractivity (Wildman–Crippen MR) is 82.7 cm³/mol. The van der Waals surface area contributed by atoms with Crippen molar-refractivity contribution in [2.24, 2.45) is 11.7 Å². The van der Waals surface area contributed by atoms with E-state index in [2.05, 4.69) is 30.3 Å². The van der Waals surface area contributed by atoms with Crippen LogP contribution in [0.1, 0.15) is 50.5 Å². The Morgan fingerprint density at radius 1 is 1.10 bits per heavy atom. The molecule has 1 saturated carbocycles. The molecule has 1 unspecified atom stereocenters. The van der Waals surface area contributed by atoms with Gasteiger partial charge in [0.2, 0.25) is 0 Å². The minimum atomic E-state index is 0.141. The molecule has 110 valence electrons. The highest BCUT2D eigenvalue weighted by Crippen LogP contribution is 2.41. The Kier molecular flexibility index (Phi) is 4.42. The normalized spacial score (nSPS) is 24.6. The highest BCUT2D eigenvalue weighted by Gasteiger charge is 2.40. The highest BCUT2D eigenvalue weighted by atomic mass is 16.5. The number of rotatable bonds is 4. The molecule has 2 fully saturated rings. The number of benzene rings is 1. The lowest BCUT2D eigenvalue weighted by atomic mass is 9.67. The molecule has 1 heterocycles. The van der Waals surface area contributed by atoms with Crippen LogP contribution in [0.4, 0.5) is 0 Å². The van der Waals surface area contributed by atoms with Crippen molar-refractivity contribution >= 4 is 0 Å². The van der Waals surface area contributed by atoms with E-state index < -0.39 is 0 Å². The Morgan fingerprint density at radius 3 is 2.40 bits per heavy atom. The molecule has 1 saturated heterocycles. The topological polar surface area (TPSA) is 35.2 Å². The SMILES string of the molecule is NC(CC1CCCC1)C1(c2ccccc2)CCOCC1. The molecule has 1 aliphatic carbocycles. The Balaban J connectivity index is 1.81. The van der Waals surface area contributed by atoms with Crippen molar-refractivity contribution in [1.29, 1.82) is 0 Å². The van der Waals surface area contributed by atoms with E-state index in [1.54, 1.807) is 0 Å². The summed E-state index contributed by atoms with van der Waals surface area (Å²) in [5.41, 5.74) is 8.31. The quantitative estimate of drug-likeness (QED) is 0.909. The predicted octanol–water partition coefficient (Wildman–Crippen LogP) is 3.64. The van der Waals surface area contributed by atoms with Crippen molar-refractivity contribution in [2.75, 3.05) is 13.2 Å². The van der Waals surface area contributed by atoms with Gasteiger partial charge in [-0.3, -0.25) is 0 Å². The van der Waals surface area contributed by atoms with Crippen molar-refractivity contribution in [3.63, 3.8) is 0 Å². The summed E-state index contributed by atoms with van der Waals surface area (Å²) < 4.78 is 5.61. The van der Waals surface area contributed by atoms with E-state index in [1.807, 2.05) is 0 Å². The van der Waals surface area contributed by atoms with Gasteiger partial charge in [0, 0.05) is 24.7 Å². The van der Waals surface area contributed by atoms with Crippen LogP contribution < -0.4 is 5.73 Å². The van der Waals surface area contributed by atoms with Gasteiger partial charge in [-0.1, -0.05) is 56.0 Å². The fraction of sp³-hybridized carbons (Fsp3) is 0.667. The van der Waals surface area contributed by atoms with Gasteiger partial charge in [-0.2, -0.15) is 0 Å². The number of nitrogens with two attached hydrogens (primary N) is 1. The summed E-state index contributed by atoms with van der Waals surface area (Å²) in [6.45, 7) is 1.71. The summed E-state index contributed by atoms with van der Waals surface area (Å²) >= 11 is 0. The molecule has 0 aromatic heterocycles. The van der Waals surface area contributed by atoms with E-state index in [0.29, 0.717) is 0 Å². The van der Waals surface area contributed by atoms with Crippen LogP contribution in [0.15, 0.2) is 30.3 Å². The minimum Gasteiger partial charge on any atom is -0.381 e. The van der Waals surface area contributed by atoms with Gasteiger partial charge in [0.25, 0.3) is 0 Å². The van der Waals surface area contributed by atoms with Crippen LogP contribution in [0.25, 0.3) is 0 Å². The Labute approximate surface area is 122 Å². The van der Waals surface area contributed by atoms with Gasteiger partial charge in [-0.05, 0) is 30.7 Å². The maximum atomic E-state index is 6.74. The fourth-order valence-corrected chi connectivity index (χ4v) is 4.21. The van der Waals surface area contributed by atoms with Gasteiger partial charge >= 0.3 is 0 Å². The number of hydrogen-bond acceptors (Lipinski definition) is 2. The van der Waals surface area contributed by atoms with Gasteiger partial charge in [-0.25, -0.2) is 0 Å². The van der Waals surface area contributed by atoms with Crippen molar-refractivity contribution in [3.05, 3.63) is 35.9 Å². The molecule has 2 aliphatic rings. The third-order valence-corrected chi connectivity index (χ3v) is 5.51. The maximum Gasteiger partial charge on any atom is 0.0475 e. The first-order valence-corrected chi connectivity index (χ1v) is 8.20. The lowest BCUT2D eigenvalue weighted by Crippen LogP contribution is -2.49. The monoisotopic (exact) mass is 273 g/mol. The Bertz CT molecular complexity index is 405. The van der Waals surface area contributed by atoms with E-state index in [1.165, 1.54) is 37.7 Å². The first-order valence-electron chi connectivity index (χ1n) is 8.20. The zero-order chi connectivity index (χ0) is 13.8. The zero-order valence-electron chi connectivity index (χ0n) is 12.4. The molecule has 1 aliphatic heterocycles. The molecule has 0 bridgehead atoms. The summed E-state index contributed by atoms with van der Waals surface area (Å²) in [4.78, 5) is 0. The fourth-order valence-electron chi connectivity index (χ4n) is 4.21. The molecule has 1 aromatic rings. The summed E-state index contributed by atoms with van der Waals surface area (Å²) in [5.74, 6) is 0.855. The number of hydrogen-bond donors (Lipinski definition) is 1. The second-order valence-electron chi connectivity index (χ2n) is 6.63. The van der Waals surface area contributed by atoms with E-state index in [-0.39, 0.29) is 11.5 Å². The third-order valence-electron chi connectivity index (χ3n) is 5.51. The smallest absolute Gasteiger partial charge is 0.0475 e. The molecule has 2 N–H and O–H groups in total. The molecule has 0 spiro atoms. The van der Waals surface area contributed by atoms with E-state index >= 15 is 0 Å². The molecular weight excluding hydrogens is 246 g/mol. The Morgan fingerprint density at radius 2 is 1.75 bits per heavy atom. The maximum absolute atomic E-state index is 6.74. The van der Waals surface area contributed by atoms with Gasteiger partial charge in [0.05, 0.1) is 0 Å². The summed E-state index contributed by atoms with van der Waals surface area (Å²) in [5, 5.41) is 0. The van der Waals surface area contributed by atoms with E-state index in [0.717, 1.165) is 32.0 Å². The number of ether oxygens (including phenoxy) is 1. The second-order valence-corrected chi connectivity index (χ2v) is 6.63. The second kappa shape index (κ2) is 6.28. The van der Waals surface area contributed by atoms with Crippen LogP contribution in [0, 0.1) is 5.92 Å². The van der Waals surface area contributed by atoms with Crippen LogP contribution >= 0.6 is 0 Å². The highest BCUT2D eigenvalue weighted by molar-refractivity contribution is 5.28. The molecule has 20 heavy (non-hydrogen) atoms. The lowest BCUT2D eigenvalue weighted by Gasteiger charge is -2.43. The first kappa shape index (κ1) is 14.1. The molecule has 2 heteroatoms. The standard InChI is InChI=1S/C18H27NO/c19-17(14-15-6-4-5-7-15)18(10-12-20-13-11-18)16-8-2-1-3-9-16/h1-3,8-9,15,17H,4-7,10-14,19H2. The van der Waals surface area contributed by atoms with Crippen molar-refractivity contribution < 1.29 is 4.74 Å². The molecule has 1 atom stereocenters. The first-order chi connectivity index (χ1) is 9.81. The Hall–Kier alpha value is -0.860. The van der Waals surface area contributed by atoms with Crippen LogP contribution in [-0.2, 0) is 10.2 Å². The molecule has 3 rings (SSSR count). The molecule has 2 nitrogen and oxygen atoms in total. The third kappa shape index (κ3) is 2.77. The van der Waals surface area contributed by atoms with E-state index in [9.17, 15) is 0 Å². The molecule has 0 amide bonds. The van der Waals surface area contributed by atoms with Gasteiger partial charge in [0.1, 0.15) is 0 Å². The zero-order valence-corrected chi connectivity index (χ0v) is 12.4. The van der Waals surface area contributed by atoms with Crippen LogP contribution in [0.5, 0.6) is 0 Å². The van der Waals surface area contributed by atoms with E-state index in [4.69, 9.17) is 10.5 Å². The summed E-state index contributed by atoms with van der Waals surface area (Å²) in [6, 6.07) is 11.2. The van der Waals surface area contributed by atoms with Crippen LogP contribution in [0.2, 0.25) is 0 Å². The van der Waals surface area contributed by atoms with Gasteiger partial charge in [0.15, 0.2) is 0 Å². The van der Waals surface area contributed by atoms with Crippen molar-refractivity contribution in [1.82, 2.24) is 0 Å². The molecule has 0 radical (unpaired) electrons. The minimum absolute atomic E-state index is 0.141. The average Bonchev–Trinajstić information content (AvgIpc) is 3.02. The molecule has 1 aromatic carbocycles. The molecular formula is C18H27NO. The van der Waals surface area contributed by atoms with Crippen molar-refractivity contribution in [3.8, 4) is 0 Å². The average molecular weight is 273 g/mol. The van der Waals surface area contributed by atoms with Gasteiger partial charge < -0.3 is 10.5 Å². The summed E-state index contributed by atoms with van der Waals surface area (Å²) in [6.07, 6.45) is 8.91. The van der Waals surface area contributed by atoms with Gasteiger partial charge in [-0.15, -0.1) is 0 Å². The largest absolute Gasteiger partial charge is 0.381 e. The van der Waals surface area contributed by atoms with Crippen molar-refractivity contribution in [2.45, 2.75) is 56.4 Å². The summed E-state index contributed by atoms with van der Waals surface area (Å²) in [7, 11) is 0.